The van der Waals surface area contributed by atoms with Gasteiger partial charge < -0.3 is 5.32 Å². The van der Waals surface area contributed by atoms with E-state index in [1.165, 1.54) is 16.8 Å². The number of aromatic nitrogens is 2. The molecule has 0 radical (unpaired) electrons. The summed E-state index contributed by atoms with van der Waals surface area (Å²) < 4.78 is 27.6. The largest absolute Gasteiger partial charge is 0.320 e. The Morgan fingerprint density at radius 2 is 2.14 bits per heavy atom. The fraction of sp³-hybridized carbons (Fsp3) is 0.143. The van der Waals surface area contributed by atoms with Gasteiger partial charge in [0.15, 0.2) is 0 Å². The van der Waals surface area contributed by atoms with Crippen molar-refractivity contribution >= 4 is 29.3 Å². The molecular weight excluding hydrogens is 300 g/mol. The highest BCUT2D eigenvalue weighted by molar-refractivity contribution is 6.31. The monoisotopic (exact) mass is 311 g/mol. The Bertz CT molecular complexity index is 725. The van der Waals surface area contributed by atoms with Gasteiger partial charge in [0.1, 0.15) is 16.8 Å². The standard InChI is InChI=1S/C14H12ClF2N3O/c1-8-10(14(15)20(2)19-8)4-6-13(21)18-12-5-3-9(16)7-11(12)17/h3-7H,1-2H3,(H,18,21). The van der Waals surface area contributed by atoms with Gasteiger partial charge in [0.25, 0.3) is 0 Å². The van der Waals surface area contributed by atoms with Gasteiger partial charge in [0.2, 0.25) is 5.91 Å². The third-order valence-corrected chi connectivity index (χ3v) is 3.23. The van der Waals surface area contributed by atoms with Crippen LogP contribution in [0, 0.1) is 18.6 Å². The first-order valence-electron chi connectivity index (χ1n) is 6.01. The smallest absolute Gasteiger partial charge is 0.248 e. The lowest BCUT2D eigenvalue weighted by atomic mass is 10.2. The Kier molecular flexibility index (Phi) is 4.37. The number of hydrogen-bond donors (Lipinski definition) is 1. The van der Waals surface area contributed by atoms with Gasteiger partial charge in [0, 0.05) is 24.8 Å². The molecule has 0 atom stereocenters. The van der Waals surface area contributed by atoms with Crippen LogP contribution in [0.5, 0.6) is 0 Å². The average Bonchev–Trinajstić information content (AvgIpc) is 2.65. The zero-order valence-electron chi connectivity index (χ0n) is 11.3. The van der Waals surface area contributed by atoms with Crippen LogP contribution in [0.15, 0.2) is 24.3 Å². The maximum Gasteiger partial charge on any atom is 0.248 e. The van der Waals surface area contributed by atoms with Crippen molar-refractivity contribution in [1.82, 2.24) is 9.78 Å². The Hall–Kier alpha value is -2.21. The van der Waals surface area contributed by atoms with Crippen molar-refractivity contribution < 1.29 is 13.6 Å². The summed E-state index contributed by atoms with van der Waals surface area (Å²) in [4.78, 5) is 11.7. The number of amides is 1. The van der Waals surface area contributed by atoms with Crippen LogP contribution < -0.4 is 5.32 Å². The van der Waals surface area contributed by atoms with Gasteiger partial charge in [-0.15, -0.1) is 0 Å². The number of rotatable bonds is 3. The molecule has 0 aliphatic heterocycles. The molecule has 0 spiro atoms. The van der Waals surface area contributed by atoms with Gasteiger partial charge >= 0.3 is 0 Å². The third kappa shape index (κ3) is 3.46. The van der Waals surface area contributed by atoms with E-state index in [1.54, 1.807) is 14.0 Å². The van der Waals surface area contributed by atoms with Gasteiger partial charge in [-0.1, -0.05) is 11.6 Å². The quantitative estimate of drug-likeness (QED) is 0.884. The van der Waals surface area contributed by atoms with Crippen molar-refractivity contribution in [3.63, 3.8) is 0 Å². The summed E-state index contributed by atoms with van der Waals surface area (Å²) in [5, 5.41) is 6.81. The molecule has 4 nitrogen and oxygen atoms in total. The van der Waals surface area contributed by atoms with E-state index in [1.807, 2.05) is 0 Å². The highest BCUT2D eigenvalue weighted by Gasteiger charge is 2.09. The maximum atomic E-state index is 13.4. The van der Waals surface area contributed by atoms with Crippen LogP contribution in [-0.4, -0.2) is 15.7 Å². The fourth-order valence-corrected chi connectivity index (χ4v) is 2.00. The number of aryl methyl sites for hydroxylation is 2. The van der Waals surface area contributed by atoms with Gasteiger partial charge in [0.05, 0.1) is 11.4 Å². The number of halogens is 3. The predicted molar refractivity (Wildman–Crippen MR) is 77.0 cm³/mol. The van der Waals surface area contributed by atoms with Gasteiger partial charge in [-0.25, -0.2) is 8.78 Å². The van der Waals surface area contributed by atoms with E-state index in [-0.39, 0.29) is 5.69 Å². The first-order chi connectivity index (χ1) is 9.88. The molecule has 2 aromatic rings. The van der Waals surface area contributed by atoms with E-state index in [0.717, 1.165) is 12.1 Å². The van der Waals surface area contributed by atoms with E-state index >= 15 is 0 Å². The van der Waals surface area contributed by atoms with Crippen LogP contribution in [0.25, 0.3) is 6.08 Å². The Balaban J connectivity index is 2.13. The fourth-order valence-electron chi connectivity index (χ4n) is 1.76. The summed E-state index contributed by atoms with van der Waals surface area (Å²) in [5.74, 6) is -2.11. The van der Waals surface area contributed by atoms with Crippen LogP contribution in [-0.2, 0) is 11.8 Å². The molecule has 0 unspecified atom stereocenters. The second-order valence-electron chi connectivity index (χ2n) is 4.36. The molecule has 1 N–H and O–H groups in total. The average molecular weight is 312 g/mol. The molecule has 0 aliphatic rings. The van der Waals surface area contributed by atoms with E-state index in [9.17, 15) is 13.6 Å². The number of nitrogens with one attached hydrogen (secondary N) is 1. The Morgan fingerprint density at radius 3 is 2.71 bits per heavy atom. The molecule has 2 rings (SSSR count). The van der Waals surface area contributed by atoms with Gasteiger partial charge in [-0.3, -0.25) is 9.48 Å². The molecule has 1 amide bonds. The molecule has 0 bridgehead atoms. The zero-order chi connectivity index (χ0) is 15.6. The summed E-state index contributed by atoms with van der Waals surface area (Å²) in [7, 11) is 1.68. The van der Waals surface area contributed by atoms with E-state index in [4.69, 9.17) is 11.6 Å². The lowest BCUT2D eigenvalue weighted by molar-refractivity contribution is -0.111. The Morgan fingerprint density at radius 1 is 1.43 bits per heavy atom. The van der Waals surface area contributed by atoms with Crippen LogP contribution in [0.1, 0.15) is 11.3 Å². The molecule has 0 saturated carbocycles. The molecule has 1 heterocycles. The predicted octanol–water partition coefficient (Wildman–Crippen LogP) is 3.31. The molecule has 0 fully saturated rings. The molecular formula is C14H12ClF2N3O. The van der Waals surface area contributed by atoms with Crippen molar-refractivity contribution in [1.29, 1.82) is 0 Å². The van der Waals surface area contributed by atoms with Crippen LogP contribution >= 0.6 is 11.6 Å². The lowest BCUT2D eigenvalue weighted by Crippen LogP contribution is -2.09. The summed E-state index contributed by atoms with van der Waals surface area (Å²) >= 11 is 6.02. The minimum atomic E-state index is -0.840. The first kappa shape index (κ1) is 15.2. The molecule has 110 valence electrons. The maximum absolute atomic E-state index is 13.4. The van der Waals surface area contributed by atoms with Gasteiger partial charge in [-0.2, -0.15) is 5.10 Å². The summed E-state index contributed by atoms with van der Waals surface area (Å²) in [6.45, 7) is 1.75. The van der Waals surface area contributed by atoms with E-state index in [0.29, 0.717) is 22.5 Å². The third-order valence-electron chi connectivity index (χ3n) is 2.79. The Labute approximate surface area is 125 Å². The molecule has 7 heteroatoms. The van der Waals surface area contributed by atoms with Crippen LogP contribution in [0.4, 0.5) is 14.5 Å². The molecule has 1 aromatic heterocycles. The summed E-state index contributed by atoms with van der Waals surface area (Å²) in [6, 6.07) is 2.91. The van der Waals surface area contributed by atoms with E-state index in [2.05, 4.69) is 10.4 Å². The summed E-state index contributed by atoms with van der Waals surface area (Å²) in [5.41, 5.74) is 1.17. The summed E-state index contributed by atoms with van der Waals surface area (Å²) in [6.07, 6.45) is 2.69. The number of hydrogen-bond acceptors (Lipinski definition) is 2. The molecule has 1 aromatic carbocycles. The molecule has 0 aliphatic carbocycles. The second-order valence-corrected chi connectivity index (χ2v) is 4.72. The number of benzene rings is 1. The number of carbonyl (C=O) groups is 1. The topological polar surface area (TPSA) is 46.9 Å². The number of carbonyl (C=O) groups excluding carboxylic acids is 1. The van der Waals surface area contributed by atoms with Crippen LogP contribution in [0.3, 0.4) is 0 Å². The van der Waals surface area contributed by atoms with Crippen molar-refractivity contribution in [3.8, 4) is 0 Å². The van der Waals surface area contributed by atoms with Crippen LogP contribution in [0.2, 0.25) is 5.15 Å². The van der Waals surface area contributed by atoms with Crippen molar-refractivity contribution in [2.24, 2.45) is 7.05 Å². The minimum absolute atomic E-state index is 0.0972. The highest BCUT2D eigenvalue weighted by atomic mass is 35.5. The first-order valence-corrected chi connectivity index (χ1v) is 6.39. The SMILES string of the molecule is Cc1nn(C)c(Cl)c1C=CC(=O)Nc1ccc(F)cc1F. The van der Waals surface area contributed by atoms with Crippen molar-refractivity contribution in [2.45, 2.75) is 6.92 Å². The second kappa shape index (κ2) is 6.05. The van der Waals surface area contributed by atoms with E-state index < -0.39 is 17.5 Å². The van der Waals surface area contributed by atoms with Gasteiger partial charge in [-0.05, 0) is 25.1 Å². The van der Waals surface area contributed by atoms with Crippen molar-refractivity contribution in [2.75, 3.05) is 5.32 Å². The number of nitrogens with zero attached hydrogens (tertiary/aromatic N) is 2. The minimum Gasteiger partial charge on any atom is -0.320 e. The lowest BCUT2D eigenvalue weighted by Gasteiger charge is -2.03. The molecule has 0 saturated heterocycles. The zero-order valence-corrected chi connectivity index (χ0v) is 12.1. The highest BCUT2D eigenvalue weighted by Crippen LogP contribution is 2.20. The van der Waals surface area contributed by atoms with Crippen molar-refractivity contribution in [3.05, 3.63) is 52.3 Å². The molecule has 21 heavy (non-hydrogen) atoms. The normalized spacial score (nSPS) is 11.1. The number of anilines is 1.